The number of esters is 2. The molecule has 0 spiro atoms. The lowest BCUT2D eigenvalue weighted by atomic mass is 10.1. The second kappa shape index (κ2) is 7.41. The largest absolute Gasteiger partial charge is 0.463 e. The summed E-state index contributed by atoms with van der Waals surface area (Å²) in [5.74, 6) is -1.15. The molecule has 24 heavy (non-hydrogen) atoms. The number of imidazole rings is 1. The van der Waals surface area contributed by atoms with E-state index in [2.05, 4.69) is 10.3 Å². The zero-order chi connectivity index (χ0) is 17.9. The van der Waals surface area contributed by atoms with Crippen LogP contribution in [-0.4, -0.2) is 57.4 Å². The highest BCUT2D eigenvalue weighted by atomic mass is 16.6. The maximum atomic E-state index is 11.3. The van der Waals surface area contributed by atoms with Gasteiger partial charge in [0.2, 0.25) is 5.91 Å². The van der Waals surface area contributed by atoms with Crippen molar-refractivity contribution in [2.45, 2.75) is 45.3 Å². The summed E-state index contributed by atoms with van der Waals surface area (Å²) in [7, 11) is 0. The van der Waals surface area contributed by atoms with E-state index in [-0.39, 0.29) is 12.5 Å². The molecule has 2 N–H and O–H groups in total. The van der Waals surface area contributed by atoms with Crippen molar-refractivity contribution in [1.29, 1.82) is 0 Å². The maximum absolute atomic E-state index is 11.3. The van der Waals surface area contributed by atoms with Gasteiger partial charge in [-0.05, 0) is 0 Å². The smallest absolute Gasteiger partial charge is 0.303 e. The number of hydrogen-bond acceptors (Lipinski definition) is 8. The second-order valence-electron chi connectivity index (χ2n) is 5.30. The summed E-state index contributed by atoms with van der Waals surface area (Å²) in [6, 6.07) is 0. The van der Waals surface area contributed by atoms with Gasteiger partial charge in [-0.25, -0.2) is 4.98 Å². The first-order valence-corrected chi connectivity index (χ1v) is 7.23. The molecule has 1 aromatic rings. The van der Waals surface area contributed by atoms with E-state index >= 15 is 0 Å². The van der Waals surface area contributed by atoms with Crippen LogP contribution in [0.2, 0.25) is 0 Å². The summed E-state index contributed by atoms with van der Waals surface area (Å²) < 4.78 is 17.1. The van der Waals surface area contributed by atoms with Crippen molar-refractivity contribution in [2.24, 2.45) is 0 Å². The Balaban J connectivity index is 2.24. The normalized spacial score (nSPS) is 26.0. The van der Waals surface area contributed by atoms with Crippen LogP contribution >= 0.6 is 0 Å². The van der Waals surface area contributed by atoms with E-state index < -0.39 is 36.5 Å². The second-order valence-corrected chi connectivity index (χ2v) is 5.30. The number of hydrogen-bond donors (Lipinski definition) is 2. The molecule has 2 rings (SSSR count). The van der Waals surface area contributed by atoms with Gasteiger partial charge in [-0.1, -0.05) is 0 Å². The Bertz CT molecular complexity index is 630. The van der Waals surface area contributed by atoms with Crippen LogP contribution in [0, 0.1) is 0 Å². The van der Waals surface area contributed by atoms with Crippen LogP contribution in [0.5, 0.6) is 0 Å². The number of carbonyl (C=O) groups is 3. The number of carbonyl (C=O) groups excluding carboxylic acids is 3. The molecule has 0 unspecified atom stereocenters. The Labute approximate surface area is 137 Å². The molecule has 10 nitrogen and oxygen atoms in total. The molecule has 2 heterocycles. The summed E-state index contributed by atoms with van der Waals surface area (Å²) in [6.45, 7) is 3.56. The van der Waals surface area contributed by atoms with Crippen molar-refractivity contribution in [1.82, 2.24) is 9.55 Å². The molecule has 0 aliphatic carbocycles. The van der Waals surface area contributed by atoms with Gasteiger partial charge < -0.3 is 24.6 Å². The molecular formula is C14H19N3O7. The Hall–Kier alpha value is -2.46. The van der Waals surface area contributed by atoms with Crippen LogP contribution in [-0.2, 0) is 28.6 Å². The van der Waals surface area contributed by atoms with Gasteiger partial charge in [0.15, 0.2) is 12.3 Å². The van der Waals surface area contributed by atoms with Gasteiger partial charge >= 0.3 is 11.9 Å². The van der Waals surface area contributed by atoms with Crippen molar-refractivity contribution in [3.8, 4) is 0 Å². The average molecular weight is 341 g/mol. The van der Waals surface area contributed by atoms with Gasteiger partial charge in [-0.3, -0.25) is 19.0 Å². The molecule has 1 amide bonds. The van der Waals surface area contributed by atoms with Crippen molar-refractivity contribution in [3.63, 3.8) is 0 Å². The molecule has 0 saturated carbocycles. The van der Waals surface area contributed by atoms with Crippen molar-refractivity contribution >= 4 is 23.7 Å². The highest BCUT2D eigenvalue weighted by Gasteiger charge is 2.48. The van der Waals surface area contributed by atoms with Gasteiger partial charge in [-0.15, -0.1) is 0 Å². The third kappa shape index (κ3) is 4.09. The van der Waals surface area contributed by atoms with Gasteiger partial charge in [-0.2, -0.15) is 0 Å². The zero-order valence-electron chi connectivity index (χ0n) is 13.5. The Morgan fingerprint density at radius 3 is 2.62 bits per heavy atom. The highest BCUT2D eigenvalue weighted by molar-refractivity contribution is 5.87. The van der Waals surface area contributed by atoms with Crippen molar-refractivity contribution < 1.29 is 33.7 Å². The van der Waals surface area contributed by atoms with Crippen molar-refractivity contribution in [3.05, 3.63) is 12.5 Å². The van der Waals surface area contributed by atoms with Crippen LogP contribution in [0.1, 0.15) is 27.0 Å². The Morgan fingerprint density at radius 2 is 2.04 bits per heavy atom. The van der Waals surface area contributed by atoms with Crippen LogP contribution in [0.4, 0.5) is 5.82 Å². The van der Waals surface area contributed by atoms with Crippen LogP contribution in [0.15, 0.2) is 12.5 Å². The molecule has 1 fully saturated rings. The summed E-state index contributed by atoms with van der Waals surface area (Å²) in [5.41, 5.74) is 0. The zero-order valence-corrected chi connectivity index (χ0v) is 13.5. The van der Waals surface area contributed by atoms with E-state index in [0.29, 0.717) is 5.82 Å². The lowest BCUT2D eigenvalue weighted by Crippen LogP contribution is -2.37. The minimum Gasteiger partial charge on any atom is -0.463 e. The SMILES string of the molecule is CC(=O)Nc1cncn1[C@@H]1O[C@H](COC(C)=O)[C@@H](O)[C@H]1OC(C)=O. The van der Waals surface area contributed by atoms with Crippen LogP contribution in [0.25, 0.3) is 0 Å². The molecule has 132 valence electrons. The number of nitrogens with one attached hydrogen (secondary N) is 1. The number of aliphatic hydroxyl groups excluding tert-OH is 1. The first-order chi connectivity index (χ1) is 11.3. The van der Waals surface area contributed by atoms with Gasteiger partial charge in [0.25, 0.3) is 0 Å². The molecule has 1 aliphatic rings. The van der Waals surface area contributed by atoms with E-state index in [1.807, 2.05) is 0 Å². The van der Waals surface area contributed by atoms with Gasteiger partial charge in [0.1, 0.15) is 24.6 Å². The first-order valence-electron chi connectivity index (χ1n) is 7.23. The molecule has 1 saturated heterocycles. The summed E-state index contributed by atoms with van der Waals surface area (Å²) >= 11 is 0. The lowest BCUT2D eigenvalue weighted by molar-refractivity contribution is -0.155. The number of aliphatic hydroxyl groups is 1. The molecule has 0 radical (unpaired) electrons. The standard InChI is InChI=1S/C14H19N3O7/c1-7(18)16-11-4-15-6-17(11)14-13(23-9(3)20)12(21)10(24-14)5-22-8(2)19/h4,6,10,12-14,21H,5H2,1-3H3,(H,16,18)/t10-,12-,13-,14-/m1/s1. The fraction of sp³-hybridized carbons (Fsp3) is 0.571. The third-order valence-corrected chi connectivity index (χ3v) is 3.31. The average Bonchev–Trinajstić information content (AvgIpc) is 3.02. The molecule has 4 atom stereocenters. The molecule has 0 bridgehead atoms. The summed E-state index contributed by atoms with van der Waals surface area (Å²) in [4.78, 5) is 37.4. The summed E-state index contributed by atoms with van der Waals surface area (Å²) in [5, 5.41) is 12.9. The Kier molecular flexibility index (Phi) is 5.52. The predicted molar refractivity (Wildman–Crippen MR) is 78.6 cm³/mol. The number of aromatic nitrogens is 2. The fourth-order valence-electron chi connectivity index (χ4n) is 2.38. The van der Waals surface area contributed by atoms with Crippen molar-refractivity contribution in [2.75, 3.05) is 11.9 Å². The fourth-order valence-corrected chi connectivity index (χ4v) is 2.38. The van der Waals surface area contributed by atoms with Crippen LogP contribution in [0.3, 0.4) is 0 Å². The predicted octanol–water partition coefficient (Wildman–Crippen LogP) is -0.405. The number of anilines is 1. The monoisotopic (exact) mass is 341 g/mol. The molecule has 0 aromatic carbocycles. The molecule has 1 aromatic heterocycles. The minimum atomic E-state index is -1.22. The van der Waals surface area contributed by atoms with Gasteiger partial charge in [0.05, 0.1) is 12.5 Å². The first kappa shape index (κ1) is 17.9. The third-order valence-electron chi connectivity index (χ3n) is 3.31. The van der Waals surface area contributed by atoms with E-state index in [1.165, 1.54) is 37.9 Å². The quantitative estimate of drug-likeness (QED) is 0.692. The number of rotatable bonds is 5. The number of nitrogens with zero attached hydrogens (tertiary/aromatic N) is 2. The number of amides is 1. The van der Waals surface area contributed by atoms with E-state index in [9.17, 15) is 19.5 Å². The molecular weight excluding hydrogens is 322 g/mol. The minimum absolute atomic E-state index is 0.199. The van der Waals surface area contributed by atoms with E-state index in [1.54, 1.807) is 0 Å². The highest BCUT2D eigenvalue weighted by Crippen LogP contribution is 2.34. The topological polar surface area (TPSA) is 129 Å². The van der Waals surface area contributed by atoms with Crippen LogP contribution < -0.4 is 5.32 Å². The molecule has 1 aliphatic heterocycles. The molecule has 10 heteroatoms. The lowest BCUT2D eigenvalue weighted by Gasteiger charge is -2.22. The Morgan fingerprint density at radius 1 is 1.33 bits per heavy atom. The van der Waals surface area contributed by atoms with E-state index in [0.717, 1.165) is 0 Å². The summed E-state index contributed by atoms with van der Waals surface area (Å²) in [6.07, 6.45) is -1.34. The van der Waals surface area contributed by atoms with Gasteiger partial charge in [0, 0.05) is 20.8 Å². The maximum Gasteiger partial charge on any atom is 0.303 e. The number of ether oxygens (including phenoxy) is 3. The van der Waals surface area contributed by atoms with E-state index in [4.69, 9.17) is 14.2 Å².